The van der Waals surface area contributed by atoms with E-state index in [1.54, 1.807) is 0 Å². The number of carbonyl (C=O) groups is 2. The normalized spacial score (nSPS) is 10.6. The van der Waals surface area contributed by atoms with Crippen LogP contribution in [0.25, 0.3) is 0 Å². The fourth-order valence-corrected chi connectivity index (χ4v) is 2.30. The predicted molar refractivity (Wildman–Crippen MR) is 87.3 cm³/mol. The van der Waals surface area contributed by atoms with Gasteiger partial charge in [0.05, 0.1) is 6.61 Å². The third kappa shape index (κ3) is 13.9. The minimum absolute atomic E-state index is 0.349. The summed E-state index contributed by atoms with van der Waals surface area (Å²) in [6, 6.07) is 0. The number of unbranched alkanes of at least 4 members (excludes halogenated alkanes) is 10. The van der Waals surface area contributed by atoms with E-state index in [4.69, 9.17) is 4.74 Å². The summed E-state index contributed by atoms with van der Waals surface area (Å²) in [5.74, 6) is -0.978. The lowest BCUT2D eigenvalue weighted by molar-refractivity contribution is -0.154. The van der Waals surface area contributed by atoms with Crippen LogP contribution in [0.5, 0.6) is 0 Å². The highest BCUT2D eigenvalue weighted by Gasteiger charge is 2.14. The zero-order valence-electron chi connectivity index (χ0n) is 14.1. The lowest BCUT2D eigenvalue weighted by Crippen LogP contribution is -2.17. The number of Topliss-reactive ketones (excluding diaryl/α,β-unsaturated/α-hetero) is 1. The maximum atomic E-state index is 11.6. The number of esters is 1. The quantitative estimate of drug-likeness (QED) is 0.237. The summed E-state index contributed by atoms with van der Waals surface area (Å²) in [5, 5.41) is 0. The third-order valence-corrected chi connectivity index (χ3v) is 3.72. The average Bonchev–Trinajstić information content (AvgIpc) is 2.49. The summed E-state index contributed by atoms with van der Waals surface area (Å²) in [5.41, 5.74) is 0. The molecule has 124 valence electrons. The van der Waals surface area contributed by atoms with Gasteiger partial charge in [-0.2, -0.15) is 0 Å². The van der Waals surface area contributed by atoms with Crippen LogP contribution in [0.1, 0.15) is 97.3 Å². The van der Waals surface area contributed by atoms with Gasteiger partial charge >= 0.3 is 5.97 Å². The molecule has 0 N–H and O–H groups in total. The van der Waals surface area contributed by atoms with Gasteiger partial charge in [0.15, 0.2) is 0 Å². The molecule has 3 nitrogen and oxygen atoms in total. The Bertz CT molecular complexity index is 261. The van der Waals surface area contributed by atoms with Gasteiger partial charge in [0.25, 0.3) is 0 Å². The van der Waals surface area contributed by atoms with E-state index in [0.717, 1.165) is 32.1 Å². The van der Waals surface area contributed by atoms with Crippen molar-refractivity contribution in [3.8, 4) is 0 Å². The lowest BCUT2D eigenvalue weighted by atomic mass is 10.1. The molecular weight excluding hydrogens is 264 g/mol. The molecule has 0 saturated carbocycles. The molecule has 0 spiro atoms. The van der Waals surface area contributed by atoms with Crippen LogP contribution in [0.4, 0.5) is 0 Å². The van der Waals surface area contributed by atoms with E-state index in [-0.39, 0.29) is 5.78 Å². The van der Waals surface area contributed by atoms with E-state index in [9.17, 15) is 9.59 Å². The highest BCUT2D eigenvalue weighted by Crippen LogP contribution is 2.08. The monoisotopic (exact) mass is 298 g/mol. The first kappa shape index (κ1) is 20.1. The molecule has 0 heterocycles. The molecule has 0 aliphatic rings. The number of hydrogen-bond donors (Lipinski definition) is 0. The first-order valence-electron chi connectivity index (χ1n) is 8.92. The highest BCUT2D eigenvalue weighted by atomic mass is 16.5. The van der Waals surface area contributed by atoms with Crippen LogP contribution in [0, 0.1) is 0 Å². The van der Waals surface area contributed by atoms with E-state index in [1.165, 1.54) is 44.9 Å². The lowest BCUT2D eigenvalue weighted by Gasteiger charge is -2.04. The molecule has 0 bridgehead atoms. The van der Waals surface area contributed by atoms with Crippen molar-refractivity contribution in [2.24, 2.45) is 0 Å². The average molecular weight is 298 g/mol. The Labute approximate surface area is 130 Å². The maximum Gasteiger partial charge on any atom is 0.374 e. The summed E-state index contributed by atoms with van der Waals surface area (Å²) in [6.07, 6.45) is 14.0. The molecule has 0 saturated heterocycles. The predicted octanol–water partition coefficient (Wildman–Crippen LogP) is 5.21. The number of ether oxygens (including phenoxy) is 1. The van der Waals surface area contributed by atoms with Crippen molar-refractivity contribution in [2.45, 2.75) is 97.3 Å². The Morgan fingerprint density at radius 2 is 1.14 bits per heavy atom. The van der Waals surface area contributed by atoms with Crippen LogP contribution in [0.2, 0.25) is 0 Å². The topological polar surface area (TPSA) is 43.4 Å². The van der Waals surface area contributed by atoms with Gasteiger partial charge in [-0.15, -0.1) is 0 Å². The second-order valence-corrected chi connectivity index (χ2v) is 5.84. The summed E-state index contributed by atoms with van der Waals surface area (Å²) in [6.45, 7) is 4.77. The van der Waals surface area contributed by atoms with Crippen molar-refractivity contribution in [3.63, 3.8) is 0 Å². The van der Waals surface area contributed by atoms with Crippen molar-refractivity contribution < 1.29 is 14.3 Å². The molecule has 0 fully saturated rings. The van der Waals surface area contributed by atoms with Crippen LogP contribution in [-0.4, -0.2) is 18.4 Å². The maximum absolute atomic E-state index is 11.6. The molecule has 21 heavy (non-hydrogen) atoms. The number of hydrogen-bond acceptors (Lipinski definition) is 3. The van der Waals surface area contributed by atoms with Crippen molar-refractivity contribution in [3.05, 3.63) is 0 Å². The van der Waals surface area contributed by atoms with Gasteiger partial charge < -0.3 is 4.74 Å². The molecule has 0 aliphatic carbocycles. The zero-order valence-corrected chi connectivity index (χ0v) is 14.1. The Hall–Kier alpha value is -0.860. The number of ketones is 1. The summed E-state index contributed by atoms with van der Waals surface area (Å²) >= 11 is 0. The first-order valence-corrected chi connectivity index (χ1v) is 8.92. The number of carbonyl (C=O) groups excluding carboxylic acids is 2. The standard InChI is InChI=1S/C18H34O3/c1-3-5-7-9-11-13-15-17(19)18(20)21-16-14-12-10-8-6-4-2/h3-16H2,1-2H3. The molecule has 0 aliphatic heterocycles. The Balaban J connectivity index is 3.39. The summed E-state index contributed by atoms with van der Waals surface area (Å²) in [7, 11) is 0. The van der Waals surface area contributed by atoms with Gasteiger partial charge in [-0.3, -0.25) is 4.79 Å². The van der Waals surface area contributed by atoms with Gasteiger partial charge in [0.2, 0.25) is 5.78 Å². The fraction of sp³-hybridized carbons (Fsp3) is 0.889. The van der Waals surface area contributed by atoms with Gasteiger partial charge in [-0.25, -0.2) is 4.79 Å². The minimum Gasteiger partial charge on any atom is -0.460 e. The van der Waals surface area contributed by atoms with E-state index in [1.807, 2.05) is 0 Å². The minimum atomic E-state index is -0.628. The molecule has 3 heteroatoms. The molecule has 0 radical (unpaired) electrons. The second-order valence-electron chi connectivity index (χ2n) is 5.84. The van der Waals surface area contributed by atoms with Crippen molar-refractivity contribution in [2.75, 3.05) is 6.61 Å². The summed E-state index contributed by atoms with van der Waals surface area (Å²) < 4.78 is 5.02. The molecule has 0 amide bonds. The van der Waals surface area contributed by atoms with Crippen LogP contribution in [0.15, 0.2) is 0 Å². The van der Waals surface area contributed by atoms with Gasteiger partial charge in [-0.05, 0) is 12.8 Å². The smallest absolute Gasteiger partial charge is 0.374 e. The van der Waals surface area contributed by atoms with E-state index in [2.05, 4.69) is 13.8 Å². The van der Waals surface area contributed by atoms with Crippen LogP contribution in [0.3, 0.4) is 0 Å². The van der Waals surface area contributed by atoms with Crippen LogP contribution in [-0.2, 0) is 14.3 Å². The van der Waals surface area contributed by atoms with Crippen molar-refractivity contribution in [1.29, 1.82) is 0 Å². The summed E-state index contributed by atoms with van der Waals surface area (Å²) in [4.78, 5) is 23.0. The second kappa shape index (κ2) is 15.5. The third-order valence-electron chi connectivity index (χ3n) is 3.72. The van der Waals surface area contributed by atoms with E-state index in [0.29, 0.717) is 13.0 Å². The highest BCUT2D eigenvalue weighted by molar-refractivity contribution is 6.33. The molecule has 0 rings (SSSR count). The van der Waals surface area contributed by atoms with Crippen LogP contribution < -0.4 is 0 Å². The Morgan fingerprint density at radius 1 is 0.667 bits per heavy atom. The van der Waals surface area contributed by atoms with Gasteiger partial charge in [-0.1, -0.05) is 78.1 Å². The molecular formula is C18H34O3. The largest absolute Gasteiger partial charge is 0.460 e. The molecule has 0 aromatic rings. The Kier molecular flexibility index (Phi) is 14.9. The Morgan fingerprint density at radius 3 is 1.71 bits per heavy atom. The van der Waals surface area contributed by atoms with E-state index < -0.39 is 5.97 Å². The van der Waals surface area contributed by atoms with E-state index >= 15 is 0 Å². The van der Waals surface area contributed by atoms with Gasteiger partial charge in [0, 0.05) is 6.42 Å². The van der Waals surface area contributed by atoms with Crippen molar-refractivity contribution >= 4 is 11.8 Å². The zero-order chi connectivity index (χ0) is 15.8. The van der Waals surface area contributed by atoms with Gasteiger partial charge in [0.1, 0.15) is 0 Å². The molecule has 0 unspecified atom stereocenters. The van der Waals surface area contributed by atoms with Crippen molar-refractivity contribution in [1.82, 2.24) is 0 Å². The molecule has 0 atom stereocenters. The van der Waals surface area contributed by atoms with Crippen LogP contribution >= 0.6 is 0 Å². The molecule has 0 aromatic heterocycles. The number of rotatable bonds is 15. The fourth-order valence-electron chi connectivity index (χ4n) is 2.30. The SMILES string of the molecule is CCCCCCCCOC(=O)C(=O)CCCCCCCC. The molecule has 0 aromatic carbocycles. The first-order chi connectivity index (χ1) is 10.2.